The molecule has 1 rings (SSSR count). The van der Waals surface area contributed by atoms with Gasteiger partial charge in [0, 0.05) is 31.3 Å². The summed E-state index contributed by atoms with van der Waals surface area (Å²) in [5, 5.41) is 14.8. The maximum atomic E-state index is 12.2. The number of benzene rings is 1. The molecule has 0 saturated carbocycles. The first-order valence-corrected chi connectivity index (χ1v) is 7.73. The number of hydrogen-bond donors (Lipinski definition) is 3. The van der Waals surface area contributed by atoms with Crippen molar-refractivity contribution in [3.05, 3.63) is 29.8 Å². The third-order valence-corrected chi connectivity index (χ3v) is 4.23. The fourth-order valence-corrected chi connectivity index (χ4v) is 2.46. The molecule has 0 aliphatic rings. The molecular weight excluding hydrogens is 280 g/mol. The predicted octanol–water partition coefficient (Wildman–Crippen LogP) is 2.56. The molecule has 0 radical (unpaired) electrons. The van der Waals surface area contributed by atoms with Gasteiger partial charge in [-0.1, -0.05) is 13.8 Å². The molecular formula is C17H26N2O3. The van der Waals surface area contributed by atoms with E-state index in [2.05, 4.69) is 24.5 Å². The highest BCUT2D eigenvalue weighted by Crippen LogP contribution is 2.29. The van der Waals surface area contributed by atoms with Crippen LogP contribution in [0.3, 0.4) is 0 Å². The number of carbonyl (C=O) groups is 2. The van der Waals surface area contributed by atoms with Crippen LogP contribution in [0.15, 0.2) is 24.3 Å². The number of aliphatic hydroxyl groups is 1. The van der Waals surface area contributed by atoms with Gasteiger partial charge >= 0.3 is 0 Å². The molecule has 0 saturated heterocycles. The SMILES string of the molecule is CCC(CC)(CCO)CNC(=O)c1ccc(NC(C)=O)cc1. The molecule has 0 aliphatic carbocycles. The minimum atomic E-state index is -0.142. The second-order valence-corrected chi connectivity index (χ2v) is 5.62. The van der Waals surface area contributed by atoms with Gasteiger partial charge < -0.3 is 15.7 Å². The average molecular weight is 306 g/mol. The van der Waals surface area contributed by atoms with Gasteiger partial charge in [-0.2, -0.15) is 0 Å². The van der Waals surface area contributed by atoms with Crippen molar-refractivity contribution in [3.63, 3.8) is 0 Å². The summed E-state index contributed by atoms with van der Waals surface area (Å²) < 4.78 is 0. The molecule has 1 aromatic rings. The Balaban J connectivity index is 2.66. The van der Waals surface area contributed by atoms with E-state index in [0.29, 0.717) is 24.2 Å². The summed E-state index contributed by atoms with van der Waals surface area (Å²) in [6, 6.07) is 6.78. The quantitative estimate of drug-likeness (QED) is 0.690. The molecule has 122 valence electrons. The minimum Gasteiger partial charge on any atom is -0.396 e. The van der Waals surface area contributed by atoms with Crippen LogP contribution in [0.2, 0.25) is 0 Å². The van der Waals surface area contributed by atoms with Crippen LogP contribution in [0.4, 0.5) is 5.69 Å². The van der Waals surface area contributed by atoms with Crippen LogP contribution < -0.4 is 10.6 Å². The number of amides is 2. The number of nitrogens with one attached hydrogen (secondary N) is 2. The van der Waals surface area contributed by atoms with E-state index < -0.39 is 0 Å². The van der Waals surface area contributed by atoms with E-state index in [-0.39, 0.29) is 23.8 Å². The number of anilines is 1. The molecule has 0 aliphatic heterocycles. The smallest absolute Gasteiger partial charge is 0.251 e. The van der Waals surface area contributed by atoms with Crippen molar-refractivity contribution in [2.24, 2.45) is 5.41 Å². The van der Waals surface area contributed by atoms with Crippen molar-refractivity contribution in [3.8, 4) is 0 Å². The zero-order valence-corrected chi connectivity index (χ0v) is 13.6. The maximum Gasteiger partial charge on any atom is 0.251 e. The van der Waals surface area contributed by atoms with E-state index >= 15 is 0 Å². The van der Waals surface area contributed by atoms with Crippen LogP contribution in [0.5, 0.6) is 0 Å². The lowest BCUT2D eigenvalue weighted by Crippen LogP contribution is -2.37. The van der Waals surface area contributed by atoms with Crippen LogP contribution in [-0.2, 0) is 4.79 Å². The fraction of sp³-hybridized carbons (Fsp3) is 0.529. The van der Waals surface area contributed by atoms with Crippen LogP contribution >= 0.6 is 0 Å². The first-order valence-electron chi connectivity index (χ1n) is 7.73. The summed E-state index contributed by atoms with van der Waals surface area (Å²) in [5.41, 5.74) is 1.17. The van der Waals surface area contributed by atoms with E-state index in [1.54, 1.807) is 24.3 Å². The Morgan fingerprint density at radius 3 is 2.18 bits per heavy atom. The van der Waals surface area contributed by atoms with Crippen LogP contribution in [0.1, 0.15) is 50.4 Å². The highest BCUT2D eigenvalue weighted by Gasteiger charge is 2.26. The number of rotatable bonds is 8. The Hall–Kier alpha value is -1.88. The second kappa shape index (κ2) is 8.54. The lowest BCUT2D eigenvalue weighted by Gasteiger charge is -2.31. The third kappa shape index (κ3) is 5.15. The first-order chi connectivity index (χ1) is 10.5. The maximum absolute atomic E-state index is 12.2. The second-order valence-electron chi connectivity index (χ2n) is 5.62. The molecule has 1 aromatic carbocycles. The zero-order chi connectivity index (χ0) is 16.6. The topological polar surface area (TPSA) is 78.4 Å². The molecule has 22 heavy (non-hydrogen) atoms. The van der Waals surface area contributed by atoms with Crippen molar-refractivity contribution in [1.29, 1.82) is 0 Å². The summed E-state index contributed by atoms with van der Waals surface area (Å²) in [6.45, 7) is 6.27. The normalized spacial score (nSPS) is 11.1. The van der Waals surface area contributed by atoms with E-state index in [1.807, 2.05) is 0 Å². The summed E-state index contributed by atoms with van der Waals surface area (Å²) in [6.07, 6.45) is 2.50. The Morgan fingerprint density at radius 2 is 1.73 bits per heavy atom. The van der Waals surface area contributed by atoms with Gasteiger partial charge in [0.05, 0.1) is 0 Å². The van der Waals surface area contributed by atoms with Gasteiger partial charge in [-0.15, -0.1) is 0 Å². The van der Waals surface area contributed by atoms with Crippen molar-refractivity contribution in [2.75, 3.05) is 18.5 Å². The number of carbonyl (C=O) groups excluding carboxylic acids is 2. The van der Waals surface area contributed by atoms with Crippen LogP contribution in [0.25, 0.3) is 0 Å². The first kappa shape index (κ1) is 18.2. The van der Waals surface area contributed by atoms with Gasteiger partial charge in [0.15, 0.2) is 0 Å². The van der Waals surface area contributed by atoms with Crippen LogP contribution in [-0.4, -0.2) is 30.1 Å². The van der Waals surface area contributed by atoms with Gasteiger partial charge in [-0.05, 0) is 48.9 Å². The Kier molecular flexibility index (Phi) is 7.05. The molecule has 2 amide bonds. The lowest BCUT2D eigenvalue weighted by atomic mass is 9.79. The molecule has 0 fully saturated rings. The molecule has 0 bridgehead atoms. The summed E-state index contributed by atoms with van der Waals surface area (Å²) in [7, 11) is 0. The van der Waals surface area contributed by atoms with E-state index in [1.165, 1.54) is 6.92 Å². The monoisotopic (exact) mass is 306 g/mol. The van der Waals surface area contributed by atoms with Gasteiger partial charge in [-0.3, -0.25) is 9.59 Å². The van der Waals surface area contributed by atoms with Crippen molar-refractivity contribution >= 4 is 17.5 Å². The Bertz CT molecular complexity index is 493. The molecule has 5 nitrogen and oxygen atoms in total. The highest BCUT2D eigenvalue weighted by molar-refractivity contribution is 5.95. The minimum absolute atomic E-state index is 0.0550. The molecule has 0 spiro atoms. The highest BCUT2D eigenvalue weighted by atomic mass is 16.3. The molecule has 0 heterocycles. The van der Waals surface area contributed by atoms with Gasteiger partial charge in [0.2, 0.25) is 5.91 Å². The van der Waals surface area contributed by atoms with Crippen molar-refractivity contribution in [2.45, 2.75) is 40.0 Å². The van der Waals surface area contributed by atoms with E-state index in [4.69, 9.17) is 0 Å². The zero-order valence-electron chi connectivity index (χ0n) is 13.6. The van der Waals surface area contributed by atoms with E-state index in [0.717, 1.165) is 12.8 Å². The molecule has 5 heteroatoms. The fourth-order valence-electron chi connectivity index (χ4n) is 2.46. The Labute approximate surface area is 132 Å². The van der Waals surface area contributed by atoms with Gasteiger partial charge in [-0.25, -0.2) is 0 Å². The Morgan fingerprint density at radius 1 is 1.14 bits per heavy atom. The molecule has 3 N–H and O–H groups in total. The largest absolute Gasteiger partial charge is 0.396 e. The van der Waals surface area contributed by atoms with Gasteiger partial charge in [0.25, 0.3) is 5.91 Å². The van der Waals surface area contributed by atoms with Gasteiger partial charge in [0.1, 0.15) is 0 Å². The average Bonchev–Trinajstić information content (AvgIpc) is 2.51. The van der Waals surface area contributed by atoms with Crippen LogP contribution in [0, 0.1) is 5.41 Å². The standard InChI is InChI=1S/C17H26N2O3/c1-4-17(5-2,10-11-20)12-18-16(22)14-6-8-15(9-7-14)19-13(3)21/h6-9,20H,4-5,10-12H2,1-3H3,(H,18,22)(H,19,21). The van der Waals surface area contributed by atoms with Crippen molar-refractivity contribution in [1.82, 2.24) is 5.32 Å². The predicted molar refractivity (Wildman–Crippen MR) is 87.8 cm³/mol. The molecule has 0 unspecified atom stereocenters. The molecule has 0 atom stereocenters. The molecule has 0 aromatic heterocycles. The summed E-state index contributed by atoms with van der Waals surface area (Å²) in [5.74, 6) is -0.282. The summed E-state index contributed by atoms with van der Waals surface area (Å²) >= 11 is 0. The van der Waals surface area contributed by atoms with Crippen molar-refractivity contribution < 1.29 is 14.7 Å². The lowest BCUT2D eigenvalue weighted by molar-refractivity contribution is -0.114. The number of aliphatic hydroxyl groups excluding tert-OH is 1. The van der Waals surface area contributed by atoms with E-state index in [9.17, 15) is 14.7 Å². The third-order valence-electron chi connectivity index (χ3n) is 4.23. The number of hydrogen-bond acceptors (Lipinski definition) is 3. The summed E-state index contributed by atoms with van der Waals surface area (Å²) in [4.78, 5) is 23.2.